The lowest BCUT2D eigenvalue weighted by atomic mass is 10.2. The normalized spacial score (nSPS) is 11.1. The first-order valence-corrected chi connectivity index (χ1v) is 8.79. The number of rotatable bonds is 5. The van der Waals surface area contributed by atoms with E-state index in [0.717, 1.165) is 10.0 Å². The predicted octanol–water partition coefficient (Wildman–Crippen LogP) is 2.89. The maximum absolute atomic E-state index is 12.0. The van der Waals surface area contributed by atoms with Gasteiger partial charge in [-0.15, -0.1) is 5.10 Å². The Labute approximate surface area is 160 Å². The second-order valence-corrected chi connectivity index (χ2v) is 7.70. The van der Waals surface area contributed by atoms with Crippen molar-refractivity contribution < 1.29 is 14.3 Å². The molecule has 2 amide bonds. The summed E-state index contributed by atoms with van der Waals surface area (Å²) in [5.41, 5.74) is 0.431. The number of amides is 2. The average molecular weight is 424 g/mol. The van der Waals surface area contributed by atoms with Gasteiger partial charge in [0.15, 0.2) is 0 Å². The summed E-state index contributed by atoms with van der Waals surface area (Å²) in [7, 11) is 1.49. The number of hydrogen-bond donors (Lipinski definition) is 1. The van der Waals surface area contributed by atoms with E-state index in [1.54, 1.807) is 25.5 Å². The van der Waals surface area contributed by atoms with Crippen molar-refractivity contribution >= 4 is 33.9 Å². The van der Waals surface area contributed by atoms with Crippen molar-refractivity contribution in [2.45, 2.75) is 32.9 Å². The third kappa shape index (κ3) is 6.47. The number of carbonyl (C=O) groups excluding carboxylic acids is 2. The molecule has 1 N–H and O–H groups in total. The highest BCUT2D eigenvalue weighted by molar-refractivity contribution is 9.10. The number of ether oxygens (including phenoxy) is 1. The smallest absolute Gasteiger partial charge is 0.410 e. The second-order valence-electron chi connectivity index (χ2n) is 6.78. The van der Waals surface area contributed by atoms with E-state index >= 15 is 0 Å². The van der Waals surface area contributed by atoms with Gasteiger partial charge in [0.2, 0.25) is 11.9 Å². The number of hydrogen-bond acceptors (Lipinski definition) is 5. The Morgan fingerprint density at radius 1 is 1.35 bits per heavy atom. The Hall–Kier alpha value is -2.42. The lowest BCUT2D eigenvalue weighted by molar-refractivity contribution is -0.117. The maximum Gasteiger partial charge on any atom is 0.410 e. The molecule has 0 fully saturated rings. The SMILES string of the molecule is CN(CC(=O)Nc1ncn(Cc2cccc(Br)c2)n1)C(=O)OC(C)(C)C. The Bertz CT molecular complexity index is 785. The van der Waals surface area contributed by atoms with Gasteiger partial charge in [-0.25, -0.2) is 14.5 Å². The van der Waals surface area contributed by atoms with E-state index in [0.29, 0.717) is 6.54 Å². The second kappa shape index (κ2) is 8.31. The molecule has 0 unspecified atom stereocenters. The minimum Gasteiger partial charge on any atom is -0.444 e. The Kier molecular flexibility index (Phi) is 6.36. The molecule has 26 heavy (non-hydrogen) atoms. The molecule has 2 aromatic rings. The largest absolute Gasteiger partial charge is 0.444 e. The Morgan fingerprint density at radius 2 is 2.08 bits per heavy atom. The van der Waals surface area contributed by atoms with Gasteiger partial charge in [-0.1, -0.05) is 28.1 Å². The number of aromatic nitrogens is 3. The fraction of sp³-hybridized carbons (Fsp3) is 0.412. The lowest BCUT2D eigenvalue weighted by Crippen LogP contribution is -2.38. The topological polar surface area (TPSA) is 89.4 Å². The summed E-state index contributed by atoms with van der Waals surface area (Å²) in [6, 6.07) is 7.83. The molecule has 0 radical (unpaired) electrons. The minimum atomic E-state index is -0.616. The fourth-order valence-electron chi connectivity index (χ4n) is 2.03. The number of likely N-dealkylation sites (N-methyl/N-ethyl adjacent to an activating group) is 1. The molecule has 0 bridgehead atoms. The van der Waals surface area contributed by atoms with Crippen molar-refractivity contribution in [3.8, 4) is 0 Å². The molecule has 0 aliphatic heterocycles. The van der Waals surface area contributed by atoms with Crippen LogP contribution in [0, 0.1) is 0 Å². The van der Waals surface area contributed by atoms with Crippen LogP contribution in [-0.4, -0.2) is 50.9 Å². The van der Waals surface area contributed by atoms with Gasteiger partial charge in [0.05, 0.1) is 6.54 Å². The molecule has 1 aromatic heterocycles. The van der Waals surface area contributed by atoms with Crippen molar-refractivity contribution in [3.63, 3.8) is 0 Å². The van der Waals surface area contributed by atoms with Crippen LogP contribution in [0.2, 0.25) is 0 Å². The Morgan fingerprint density at radius 3 is 2.73 bits per heavy atom. The van der Waals surface area contributed by atoms with E-state index in [2.05, 4.69) is 31.3 Å². The van der Waals surface area contributed by atoms with Gasteiger partial charge in [-0.05, 0) is 38.5 Å². The zero-order valence-electron chi connectivity index (χ0n) is 15.2. The number of benzene rings is 1. The monoisotopic (exact) mass is 423 g/mol. The molecule has 0 atom stereocenters. The molecule has 0 saturated carbocycles. The van der Waals surface area contributed by atoms with Crippen LogP contribution in [0.4, 0.5) is 10.7 Å². The molecular weight excluding hydrogens is 402 g/mol. The molecule has 0 saturated heterocycles. The van der Waals surface area contributed by atoms with E-state index in [9.17, 15) is 9.59 Å². The van der Waals surface area contributed by atoms with Gasteiger partial charge >= 0.3 is 6.09 Å². The highest BCUT2D eigenvalue weighted by Crippen LogP contribution is 2.13. The van der Waals surface area contributed by atoms with Crippen LogP contribution in [0.5, 0.6) is 0 Å². The first kappa shape index (κ1) is 19.9. The van der Waals surface area contributed by atoms with Gasteiger partial charge in [-0.3, -0.25) is 10.1 Å². The summed E-state index contributed by atoms with van der Waals surface area (Å²) in [5.74, 6) is -0.221. The third-order valence-electron chi connectivity index (χ3n) is 3.11. The third-order valence-corrected chi connectivity index (χ3v) is 3.60. The van der Waals surface area contributed by atoms with Crippen LogP contribution in [0.1, 0.15) is 26.3 Å². The van der Waals surface area contributed by atoms with Crippen molar-refractivity contribution in [2.75, 3.05) is 18.9 Å². The standard InChI is InChI=1S/C17H22BrN5O3/c1-17(2,3)26-16(25)22(4)10-14(24)20-15-19-11-23(21-15)9-12-6-5-7-13(18)8-12/h5-8,11H,9-10H2,1-4H3,(H,20,21,24). The predicted molar refractivity (Wildman–Crippen MR) is 101 cm³/mol. The van der Waals surface area contributed by atoms with Gasteiger partial charge in [0.1, 0.15) is 18.5 Å². The summed E-state index contributed by atoms with van der Waals surface area (Å²) in [4.78, 5) is 29.2. The van der Waals surface area contributed by atoms with Gasteiger partial charge < -0.3 is 9.64 Å². The molecule has 1 aromatic carbocycles. The van der Waals surface area contributed by atoms with Crippen molar-refractivity contribution in [3.05, 3.63) is 40.6 Å². The summed E-state index contributed by atoms with van der Waals surface area (Å²) in [6.45, 7) is 5.66. The Balaban J connectivity index is 1.88. The summed E-state index contributed by atoms with van der Waals surface area (Å²) in [5, 5.41) is 6.78. The molecule has 1 heterocycles. The molecule has 0 aliphatic carbocycles. The van der Waals surface area contributed by atoms with Gasteiger partial charge in [0.25, 0.3) is 0 Å². The molecule has 8 nitrogen and oxygen atoms in total. The van der Waals surface area contributed by atoms with Crippen molar-refractivity contribution in [2.24, 2.45) is 0 Å². The van der Waals surface area contributed by atoms with E-state index in [4.69, 9.17) is 4.74 Å². The maximum atomic E-state index is 12.0. The number of nitrogens with one attached hydrogen (secondary N) is 1. The molecule has 0 aliphatic rings. The summed E-state index contributed by atoms with van der Waals surface area (Å²) >= 11 is 3.42. The number of halogens is 1. The zero-order valence-corrected chi connectivity index (χ0v) is 16.8. The molecule has 2 rings (SSSR count). The quantitative estimate of drug-likeness (QED) is 0.798. The highest BCUT2D eigenvalue weighted by Gasteiger charge is 2.21. The highest BCUT2D eigenvalue weighted by atomic mass is 79.9. The molecule has 9 heteroatoms. The van der Waals surface area contributed by atoms with Crippen LogP contribution in [-0.2, 0) is 16.1 Å². The van der Waals surface area contributed by atoms with E-state index in [1.165, 1.54) is 18.3 Å². The minimum absolute atomic E-state index is 0.158. The molecule has 0 spiro atoms. The first-order valence-electron chi connectivity index (χ1n) is 8.00. The van der Waals surface area contributed by atoms with Crippen LogP contribution in [0.3, 0.4) is 0 Å². The van der Waals surface area contributed by atoms with Crippen LogP contribution < -0.4 is 5.32 Å². The average Bonchev–Trinajstić information content (AvgIpc) is 2.92. The van der Waals surface area contributed by atoms with Crippen LogP contribution in [0.25, 0.3) is 0 Å². The fourth-order valence-corrected chi connectivity index (χ4v) is 2.48. The molecule has 140 valence electrons. The van der Waals surface area contributed by atoms with Crippen molar-refractivity contribution in [1.82, 2.24) is 19.7 Å². The number of carbonyl (C=O) groups is 2. The van der Waals surface area contributed by atoms with Crippen molar-refractivity contribution in [1.29, 1.82) is 0 Å². The van der Waals surface area contributed by atoms with Gasteiger partial charge in [0, 0.05) is 11.5 Å². The van der Waals surface area contributed by atoms with E-state index in [-0.39, 0.29) is 12.5 Å². The van der Waals surface area contributed by atoms with Crippen LogP contribution >= 0.6 is 15.9 Å². The zero-order chi connectivity index (χ0) is 19.3. The summed E-state index contributed by atoms with van der Waals surface area (Å²) in [6.07, 6.45) is 0.967. The lowest BCUT2D eigenvalue weighted by Gasteiger charge is -2.24. The number of anilines is 1. The van der Waals surface area contributed by atoms with E-state index < -0.39 is 17.6 Å². The van der Waals surface area contributed by atoms with Gasteiger partial charge in [-0.2, -0.15) is 0 Å². The number of nitrogens with zero attached hydrogens (tertiary/aromatic N) is 4. The van der Waals surface area contributed by atoms with E-state index in [1.807, 2.05) is 24.3 Å². The molecular formula is C17H22BrN5O3. The van der Waals surface area contributed by atoms with Crippen LogP contribution in [0.15, 0.2) is 35.1 Å². The summed E-state index contributed by atoms with van der Waals surface area (Å²) < 4.78 is 7.80. The first-order chi connectivity index (χ1) is 12.1.